The van der Waals surface area contributed by atoms with Crippen LogP contribution in [-0.4, -0.2) is 10.2 Å². The monoisotopic (exact) mass is 186 g/mol. The third-order valence-electron chi connectivity index (χ3n) is 1.68. The first-order chi connectivity index (χ1) is 5.65. The van der Waals surface area contributed by atoms with Crippen molar-refractivity contribution in [3.63, 3.8) is 0 Å². The maximum atomic E-state index is 10.7. The normalized spacial score (nSPS) is 12.5. The molecule has 0 saturated carbocycles. The topological polar surface area (TPSA) is 57.9 Å². The summed E-state index contributed by atoms with van der Waals surface area (Å²) in [6.45, 7) is 5.48. The standard InChI is InChI=1S/C7H10N2O2S/c1-4(5(2)11-12)6-3-7(10)9-8-6/h3-4,12H,2H2,1H3,(H2,8,9,10). The molecule has 0 aliphatic rings. The zero-order valence-corrected chi connectivity index (χ0v) is 7.52. The van der Waals surface area contributed by atoms with E-state index in [1.165, 1.54) is 6.07 Å². The summed E-state index contributed by atoms with van der Waals surface area (Å²) in [5, 5.41) is 5.13. The number of thiol groups is 1. The van der Waals surface area contributed by atoms with Crippen molar-refractivity contribution < 1.29 is 4.18 Å². The first-order valence-corrected chi connectivity index (χ1v) is 3.79. The smallest absolute Gasteiger partial charge is 0.264 e. The van der Waals surface area contributed by atoms with Crippen molar-refractivity contribution >= 4 is 12.9 Å². The maximum Gasteiger partial charge on any atom is 0.264 e. The molecule has 5 heteroatoms. The molecule has 0 aliphatic carbocycles. The summed E-state index contributed by atoms with van der Waals surface area (Å²) in [6.07, 6.45) is 0. The van der Waals surface area contributed by atoms with E-state index in [1.807, 2.05) is 6.92 Å². The molecule has 1 aromatic rings. The Morgan fingerprint density at radius 2 is 2.42 bits per heavy atom. The molecule has 1 rings (SSSR count). The van der Waals surface area contributed by atoms with Crippen LogP contribution in [0.5, 0.6) is 0 Å². The van der Waals surface area contributed by atoms with E-state index >= 15 is 0 Å². The van der Waals surface area contributed by atoms with Gasteiger partial charge >= 0.3 is 0 Å². The first kappa shape index (κ1) is 8.99. The third kappa shape index (κ3) is 1.73. The Morgan fingerprint density at radius 1 is 1.75 bits per heavy atom. The summed E-state index contributed by atoms with van der Waals surface area (Å²) >= 11 is 3.61. The second-order valence-electron chi connectivity index (χ2n) is 2.49. The minimum atomic E-state index is -0.163. The number of nitrogens with one attached hydrogen (secondary N) is 2. The van der Waals surface area contributed by atoms with E-state index < -0.39 is 0 Å². The van der Waals surface area contributed by atoms with Gasteiger partial charge in [-0.05, 0) is 6.92 Å². The van der Waals surface area contributed by atoms with Crippen LogP contribution in [0.3, 0.4) is 0 Å². The molecule has 0 amide bonds. The van der Waals surface area contributed by atoms with Crippen LogP contribution in [0.2, 0.25) is 0 Å². The van der Waals surface area contributed by atoms with Crippen molar-refractivity contribution in [2.45, 2.75) is 12.8 Å². The van der Waals surface area contributed by atoms with Crippen molar-refractivity contribution in [2.75, 3.05) is 0 Å². The van der Waals surface area contributed by atoms with Crippen LogP contribution in [0, 0.1) is 0 Å². The Labute approximate surface area is 75.2 Å². The van der Waals surface area contributed by atoms with E-state index in [-0.39, 0.29) is 11.5 Å². The Kier molecular flexibility index (Phi) is 2.65. The molecule has 1 unspecified atom stereocenters. The second kappa shape index (κ2) is 3.53. The van der Waals surface area contributed by atoms with Crippen LogP contribution >= 0.6 is 12.9 Å². The fourth-order valence-corrected chi connectivity index (χ4v) is 0.991. The van der Waals surface area contributed by atoms with Crippen LogP contribution < -0.4 is 5.56 Å². The van der Waals surface area contributed by atoms with Gasteiger partial charge in [0.05, 0.1) is 5.92 Å². The quantitative estimate of drug-likeness (QED) is 0.377. The van der Waals surface area contributed by atoms with Gasteiger partial charge < -0.3 is 9.28 Å². The molecule has 12 heavy (non-hydrogen) atoms. The lowest BCUT2D eigenvalue weighted by molar-refractivity contribution is 0.460. The van der Waals surface area contributed by atoms with E-state index in [1.54, 1.807) is 0 Å². The molecule has 1 atom stereocenters. The average molecular weight is 186 g/mol. The molecule has 0 aromatic carbocycles. The van der Waals surface area contributed by atoms with Gasteiger partial charge in [0.1, 0.15) is 5.76 Å². The van der Waals surface area contributed by atoms with E-state index in [2.05, 4.69) is 33.9 Å². The number of H-pyrrole nitrogens is 2. The first-order valence-electron chi connectivity index (χ1n) is 3.43. The summed E-state index contributed by atoms with van der Waals surface area (Å²) in [5.74, 6) is 0.426. The number of hydrogen-bond acceptors (Lipinski definition) is 3. The van der Waals surface area contributed by atoms with Crippen LogP contribution in [0.25, 0.3) is 0 Å². The predicted molar refractivity (Wildman–Crippen MR) is 49.0 cm³/mol. The van der Waals surface area contributed by atoms with E-state index in [0.29, 0.717) is 5.76 Å². The molecule has 4 nitrogen and oxygen atoms in total. The van der Waals surface area contributed by atoms with Crippen molar-refractivity contribution in [1.29, 1.82) is 0 Å². The number of rotatable bonds is 3. The largest absolute Gasteiger partial charge is 0.433 e. The van der Waals surface area contributed by atoms with Crippen LogP contribution in [-0.2, 0) is 4.18 Å². The average Bonchev–Trinajstić information content (AvgIpc) is 2.49. The number of aromatic amines is 2. The van der Waals surface area contributed by atoms with Gasteiger partial charge in [0.2, 0.25) is 0 Å². The van der Waals surface area contributed by atoms with Crippen molar-refractivity contribution in [2.24, 2.45) is 0 Å². The Hall–Kier alpha value is -1.10. The lowest BCUT2D eigenvalue weighted by Crippen LogP contribution is -1.97. The van der Waals surface area contributed by atoms with Crippen molar-refractivity contribution in [3.05, 3.63) is 34.5 Å². The summed E-state index contributed by atoms with van der Waals surface area (Å²) in [5.41, 5.74) is 0.572. The minimum Gasteiger partial charge on any atom is -0.433 e. The van der Waals surface area contributed by atoms with Crippen LogP contribution in [0.15, 0.2) is 23.2 Å². The number of hydrogen-bond donors (Lipinski definition) is 3. The zero-order chi connectivity index (χ0) is 9.14. The number of allylic oxidation sites excluding steroid dienone is 1. The van der Waals surface area contributed by atoms with Gasteiger partial charge in [0, 0.05) is 24.7 Å². The summed E-state index contributed by atoms with van der Waals surface area (Å²) in [7, 11) is 0. The highest BCUT2D eigenvalue weighted by Crippen LogP contribution is 2.20. The van der Waals surface area contributed by atoms with E-state index in [9.17, 15) is 4.79 Å². The van der Waals surface area contributed by atoms with Gasteiger partial charge in [-0.1, -0.05) is 6.58 Å². The Balaban J connectivity index is 2.84. The summed E-state index contributed by atoms with van der Waals surface area (Å²) in [6, 6.07) is 1.46. The highest BCUT2D eigenvalue weighted by Gasteiger charge is 2.11. The SMILES string of the molecule is C=C(OS)C(C)c1cc(=O)[nH][nH]1. The second-order valence-corrected chi connectivity index (χ2v) is 2.68. The molecule has 0 bridgehead atoms. The molecule has 0 saturated heterocycles. The molecule has 1 aromatic heterocycles. The van der Waals surface area contributed by atoms with Gasteiger partial charge in [-0.15, -0.1) is 0 Å². The molecule has 0 aliphatic heterocycles. The lowest BCUT2D eigenvalue weighted by Gasteiger charge is -2.08. The molecule has 66 valence electrons. The molecule has 0 spiro atoms. The fraction of sp³-hybridized carbons (Fsp3) is 0.286. The molecule has 2 N–H and O–H groups in total. The molecular weight excluding hydrogens is 176 g/mol. The van der Waals surface area contributed by atoms with E-state index in [4.69, 9.17) is 0 Å². The molecular formula is C7H10N2O2S. The van der Waals surface area contributed by atoms with Crippen molar-refractivity contribution in [1.82, 2.24) is 10.2 Å². The Bertz CT molecular complexity index is 328. The van der Waals surface area contributed by atoms with Gasteiger partial charge in [-0.2, -0.15) is 0 Å². The van der Waals surface area contributed by atoms with Crippen LogP contribution in [0.1, 0.15) is 18.5 Å². The fourth-order valence-electron chi connectivity index (χ4n) is 0.833. The highest BCUT2D eigenvalue weighted by atomic mass is 32.1. The van der Waals surface area contributed by atoms with Gasteiger partial charge in [-0.3, -0.25) is 9.89 Å². The summed E-state index contributed by atoms with van der Waals surface area (Å²) in [4.78, 5) is 10.7. The minimum absolute atomic E-state index is 0.0681. The zero-order valence-electron chi connectivity index (χ0n) is 6.63. The predicted octanol–water partition coefficient (Wildman–Crippen LogP) is 1.18. The van der Waals surface area contributed by atoms with Gasteiger partial charge in [0.15, 0.2) is 0 Å². The van der Waals surface area contributed by atoms with E-state index in [0.717, 1.165) is 5.69 Å². The third-order valence-corrected chi connectivity index (χ3v) is 1.92. The molecule has 1 heterocycles. The summed E-state index contributed by atoms with van der Waals surface area (Å²) < 4.78 is 4.64. The molecule has 0 radical (unpaired) electrons. The lowest BCUT2D eigenvalue weighted by atomic mass is 10.1. The molecule has 0 fully saturated rings. The van der Waals surface area contributed by atoms with Crippen molar-refractivity contribution in [3.8, 4) is 0 Å². The van der Waals surface area contributed by atoms with Gasteiger partial charge in [0.25, 0.3) is 5.56 Å². The number of aromatic nitrogens is 2. The van der Waals surface area contributed by atoms with Crippen LogP contribution in [0.4, 0.5) is 0 Å². The maximum absolute atomic E-state index is 10.7. The Morgan fingerprint density at radius 3 is 2.83 bits per heavy atom. The van der Waals surface area contributed by atoms with Gasteiger partial charge in [-0.25, -0.2) is 0 Å². The highest BCUT2D eigenvalue weighted by molar-refractivity contribution is 7.75.